The van der Waals surface area contributed by atoms with E-state index >= 15 is 0 Å². The molecular formula is C7H5NOS. The zero-order valence-electron chi connectivity index (χ0n) is 5.20. The molecule has 0 bridgehead atoms. The minimum atomic E-state index is 0.0521. The van der Waals surface area contributed by atoms with Gasteiger partial charge in [-0.2, -0.15) is 0 Å². The molecule has 1 aliphatic heterocycles. The lowest BCUT2D eigenvalue weighted by atomic mass is 10.2. The number of carbonyl (C=O) groups is 1. The maximum atomic E-state index is 11.0. The van der Waals surface area contributed by atoms with Crippen LogP contribution in [0.2, 0.25) is 0 Å². The number of fused-ring (bicyclic) bond motifs is 1. The van der Waals surface area contributed by atoms with Crippen LogP contribution in [0.3, 0.4) is 0 Å². The molecule has 2 heterocycles. The van der Waals surface area contributed by atoms with Crippen LogP contribution in [0.5, 0.6) is 0 Å². The van der Waals surface area contributed by atoms with Gasteiger partial charge in [-0.25, -0.2) is 0 Å². The van der Waals surface area contributed by atoms with Crippen molar-refractivity contribution in [1.29, 1.82) is 0 Å². The van der Waals surface area contributed by atoms with Crippen LogP contribution in [0.25, 0.3) is 0 Å². The number of ketones is 1. The third-order valence-corrected chi connectivity index (χ3v) is 2.41. The fraction of sp³-hybridized carbons (Fsp3) is 0.143. The minimum Gasteiger partial charge on any atom is -0.287 e. The number of aliphatic imine (C=N–C) groups is 1. The Kier molecular flexibility index (Phi) is 1.17. The zero-order valence-corrected chi connectivity index (χ0v) is 6.02. The first-order valence-electron chi connectivity index (χ1n) is 2.98. The topological polar surface area (TPSA) is 29.4 Å². The molecule has 1 aromatic rings. The molecule has 0 fully saturated rings. The second-order valence-electron chi connectivity index (χ2n) is 2.11. The Hall–Kier alpha value is -0.960. The van der Waals surface area contributed by atoms with Crippen LogP contribution in [0, 0.1) is 0 Å². The summed E-state index contributed by atoms with van der Waals surface area (Å²) in [7, 11) is 0. The second-order valence-corrected chi connectivity index (χ2v) is 3.03. The van der Waals surface area contributed by atoms with Gasteiger partial charge in [0.25, 0.3) is 0 Å². The van der Waals surface area contributed by atoms with Crippen LogP contribution in [0.4, 0.5) is 0 Å². The fourth-order valence-corrected chi connectivity index (χ4v) is 1.78. The van der Waals surface area contributed by atoms with E-state index in [1.54, 1.807) is 0 Å². The predicted octanol–water partition coefficient (Wildman–Crippen LogP) is 1.52. The molecule has 3 heteroatoms. The molecule has 1 aromatic heterocycles. The molecule has 50 valence electrons. The molecule has 2 rings (SSSR count). The highest BCUT2D eigenvalue weighted by atomic mass is 32.1. The average Bonchev–Trinajstić information content (AvgIpc) is 2.36. The van der Waals surface area contributed by atoms with Gasteiger partial charge < -0.3 is 0 Å². The van der Waals surface area contributed by atoms with Crippen molar-refractivity contribution in [3.63, 3.8) is 0 Å². The van der Waals surface area contributed by atoms with Crippen molar-refractivity contribution < 1.29 is 4.79 Å². The van der Waals surface area contributed by atoms with Gasteiger partial charge in [0.1, 0.15) is 0 Å². The third kappa shape index (κ3) is 0.708. The quantitative estimate of drug-likeness (QED) is 0.552. The van der Waals surface area contributed by atoms with Gasteiger partial charge in [-0.3, -0.25) is 9.79 Å². The first-order valence-corrected chi connectivity index (χ1v) is 3.86. The van der Waals surface area contributed by atoms with E-state index < -0.39 is 0 Å². The summed E-state index contributed by atoms with van der Waals surface area (Å²) in [5, 5.41) is 1.93. The lowest BCUT2D eigenvalue weighted by Crippen LogP contribution is -2.05. The van der Waals surface area contributed by atoms with Crippen molar-refractivity contribution in [2.24, 2.45) is 4.99 Å². The van der Waals surface area contributed by atoms with Gasteiger partial charge in [0.05, 0.1) is 17.6 Å². The largest absolute Gasteiger partial charge is 0.287 e. The molecule has 10 heavy (non-hydrogen) atoms. The standard InChI is InChI=1S/C7H5NOS/c9-6-4-8-3-5-1-2-10-7(5)6/h1-2,4H,3H2. The summed E-state index contributed by atoms with van der Waals surface area (Å²) in [5.41, 5.74) is 1.07. The lowest BCUT2D eigenvalue weighted by Gasteiger charge is -2.00. The molecular weight excluding hydrogens is 146 g/mol. The molecule has 0 saturated heterocycles. The van der Waals surface area contributed by atoms with Gasteiger partial charge in [0.15, 0.2) is 0 Å². The Bertz CT molecular complexity index is 300. The number of rotatable bonds is 0. The van der Waals surface area contributed by atoms with E-state index in [0.29, 0.717) is 6.54 Å². The van der Waals surface area contributed by atoms with Gasteiger partial charge in [-0.1, -0.05) is 0 Å². The molecule has 0 spiro atoms. The Labute approximate surface area is 62.2 Å². The zero-order chi connectivity index (χ0) is 6.97. The molecule has 0 N–H and O–H groups in total. The van der Waals surface area contributed by atoms with Crippen LogP contribution in [0.15, 0.2) is 16.4 Å². The summed E-state index contributed by atoms with van der Waals surface area (Å²) in [5.74, 6) is 0.0521. The highest BCUT2D eigenvalue weighted by Crippen LogP contribution is 2.20. The summed E-state index contributed by atoms with van der Waals surface area (Å²) in [6, 6.07) is 1.95. The molecule has 0 saturated carbocycles. The molecule has 0 amide bonds. The Balaban J connectivity index is 2.58. The van der Waals surface area contributed by atoms with Gasteiger partial charge >= 0.3 is 0 Å². The number of carbonyl (C=O) groups excluding carboxylic acids is 1. The van der Waals surface area contributed by atoms with Crippen LogP contribution in [0.1, 0.15) is 15.2 Å². The fourth-order valence-electron chi connectivity index (χ4n) is 0.962. The normalized spacial score (nSPS) is 15.4. The van der Waals surface area contributed by atoms with Crippen LogP contribution >= 0.6 is 11.3 Å². The van der Waals surface area contributed by atoms with E-state index in [9.17, 15) is 4.79 Å². The maximum Gasteiger partial charge on any atom is 0.213 e. The minimum absolute atomic E-state index is 0.0521. The van der Waals surface area contributed by atoms with Crippen molar-refractivity contribution in [3.05, 3.63) is 21.9 Å². The molecule has 0 atom stereocenters. The summed E-state index contributed by atoms with van der Waals surface area (Å²) >= 11 is 1.49. The highest BCUT2D eigenvalue weighted by Gasteiger charge is 2.13. The number of Topliss-reactive ketones (excluding diaryl/α,β-unsaturated/α-hetero) is 1. The monoisotopic (exact) mass is 151 g/mol. The number of hydrogen-bond donors (Lipinski definition) is 0. The number of nitrogens with zero attached hydrogens (tertiary/aromatic N) is 1. The van der Waals surface area contributed by atoms with Crippen molar-refractivity contribution in [1.82, 2.24) is 0 Å². The van der Waals surface area contributed by atoms with Gasteiger partial charge in [-0.15, -0.1) is 11.3 Å². The van der Waals surface area contributed by atoms with Crippen molar-refractivity contribution >= 4 is 23.3 Å². The average molecular weight is 151 g/mol. The number of hydrogen-bond acceptors (Lipinski definition) is 3. The first kappa shape index (κ1) is 5.80. The summed E-state index contributed by atoms with van der Waals surface area (Å²) < 4.78 is 0. The second kappa shape index (κ2) is 2.02. The Morgan fingerprint density at radius 1 is 1.60 bits per heavy atom. The van der Waals surface area contributed by atoms with Gasteiger partial charge in [0, 0.05) is 0 Å². The summed E-state index contributed by atoms with van der Waals surface area (Å²) in [4.78, 5) is 15.8. The molecule has 0 radical (unpaired) electrons. The Morgan fingerprint density at radius 2 is 2.50 bits per heavy atom. The third-order valence-electron chi connectivity index (χ3n) is 1.44. The smallest absolute Gasteiger partial charge is 0.213 e. The molecule has 0 aliphatic carbocycles. The number of thiophene rings is 1. The van der Waals surface area contributed by atoms with Crippen LogP contribution < -0.4 is 0 Å². The van der Waals surface area contributed by atoms with E-state index in [-0.39, 0.29) is 5.78 Å². The lowest BCUT2D eigenvalue weighted by molar-refractivity contribution is 0.107. The Morgan fingerprint density at radius 3 is 3.30 bits per heavy atom. The van der Waals surface area contributed by atoms with Gasteiger partial charge in [0.2, 0.25) is 5.78 Å². The van der Waals surface area contributed by atoms with Gasteiger partial charge in [-0.05, 0) is 17.0 Å². The molecule has 0 aromatic carbocycles. The van der Waals surface area contributed by atoms with E-state index in [1.807, 2.05) is 11.4 Å². The SMILES string of the molecule is O=C1C=NCc2ccsc21. The van der Waals surface area contributed by atoms with E-state index in [2.05, 4.69) is 4.99 Å². The summed E-state index contributed by atoms with van der Waals surface area (Å²) in [6.07, 6.45) is 1.40. The van der Waals surface area contributed by atoms with Crippen LogP contribution in [-0.4, -0.2) is 12.0 Å². The van der Waals surface area contributed by atoms with Crippen molar-refractivity contribution in [2.45, 2.75) is 6.54 Å². The first-order chi connectivity index (χ1) is 4.88. The summed E-state index contributed by atoms with van der Waals surface area (Å²) in [6.45, 7) is 0.671. The van der Waals surface area contributed by atoms with Crippen molar-refractivity contribution in [2.75, 3.05) is 0 Å². The highest BCUT2D eigenvalue weighted by molar-refractivity contribution is 7.13. The predicted molar refractivity (Wildman–Crippen MR) is 40.8 cm³/mol. The molecule has 2 nitrogen and oxygen atoms in total. The van der Waals surface area contributed by atoms with Crippen molar-refractivity contribution in [3.8, 4) is 0 Å². The van der Waals surface area contributed by atoms with E-state index in [4.69, 9.17) is 0 Å². The molecule has 0 unspecified atom stereocenters. The molecule has 1 aliphatic rings. The van der Waals surface area contributed by atoms with Crippen LogP contribution in [-0.2, 0) is 6.54 Å². The van der Waals surface area contributed by atoms with E-state index in [0.717, 1.165) is 10.4 Å². The van der Waals surface area contributed by atoms with E-state index in [1.165, 1.54) is 17.6 Å². The maximum absolute atomic E-state index is 11.0.